The summed E-state index contributed by atoms with van der Waals surface area (Å²) < 4.78 is 31.8. The number of carbonyl (C=O) groups is 2. The quantitative estimate of drug-likeness (QED) is 0.709. The molecule has 1 unspecified atom stereocenters. The fourth-order valence-electron chi connectivity index (χ4n) is 3.23. The Morgan fingerprint density at radius 1 is 1.35 bits per heavy atom. The topological polar surface area (TPSA) is 105 Å². The largest absolute Gasteiger partial charge is 0.497 e. The number of nitrogens with one attached hydrogen (secondary N) is 2. The molecule has 0 aromatic heterocycles. The van der Waals surface area contributed by atoms with Gasteiger partial charge in [-0.3, -0.25) is 9.59 Å². The summed E-state index contributed by atoms with van der Waals surface area (Å²) in [5.74, 6) is 0.121. The first kappa shape index (κ1) is 18.7. The monoisotopic (exact) mass is 381 g/mol. The van der Waals surface area contributed by atoms with E-state index in [1.165, 1.54) is 4.31 Å². The van der Waals surface area contributed by atoms with Gasteiger partial charge in [0.25, 0.3) is 0 Å². The van der Waals surface area contributed by atoms with Crippen molar-refractivity contribution >= 4 is 21.8 Å². The van der Waals surface area contributed by atoms with Gasteiger partial charge in [0.1, 0.15) is 11.8 Å². The minimum Gasteiger partial charge on any atom is -0.497 e. The molecule has 0 radical (unpaired) electrons. The lowest BCUT2D eigenvalue weighted by atomic mass is 10.0. The van der Waals surface area contributed by atoms with Crippen molar-refractivity contribution < 1.29 is 22.7 Å². The van der Waals surface area contributed by atoms with Crippen LogP contribution in [0.2, 0.25) is 0 Å². The first-order valence-electron chi connectivity index (χ1n) is 8.60. The number of rotatable bonds is 6. The molecule has 2 amide bonds. The van der Waals surface area contributed by atoms with E-state index in [1.54, 1.807) is 7.11 Å². The lowest BCUT2D eigenvalue weighted by molar-refractivity contribution is -0.125. The average molecular weight is 381 g/mol. The number of methoxy groups -OCH3 is 1. The fraction of sp³-hybridized carbons (Fsp3) is 0.529. The summed E-state index contributed by atoms with van der Waals surface area (Å²) in [6.07, 6.45) is 1.41. The van der Waals surface area contributed by atoms with E-state index >= 15 is 0 Å². The third-order valence-electron chi connectivity index (χ3n) is 4.76. The van der Waals surface area contributed by atoms with Gasteiger partial charge in [-0.1, -0.05) is 6.07 Å². The molecular formula is C17H23N3O5S. The Morgan fingerprint density at radius 2 is 2.15 bits per heavy atom. The van der Waals surface area contributed by atoms with Gasteiger partial charge in [-0.15, -0.1) is 0 Å². The Hall–Kier alpha value is -2.13. The van der Waals surface area contributed by atoms with Crippen LogP contribution in [0.4, 0.5) is 0 Å². The van der Waals surface area contributed by atoms with Crippen LogP contribution in [0.1, 0.15) is 24.0 Å². The molecule has 1 saturated heterocycles. The highest BCUT2D eigenvalue weighted by molar-refractivity contribution is 7.89. The highest BCUT2D eigenvalue weighted by Gasteiger charge is 2.29. The number of benzene rings is 1. The van der Waals surface area contributed by atoms with Crippen LogP contribution < -0.4 is 15.4 Å². The van der Waals surface area contributed by atoms with Crippen LogP contribution in [-0.2, 0) is 32.6 Å². The Kier molecular flexibility index (Phi) is 5.47. The molecule has 8 nitrogen and oxygen atoms in total. The molecule has 2 N–H and O–H groups in total. The molecule has 1 aromatic carbocycles. The summed E-state index contributed by atoms with van der Waals surface area (Å²) in [6.45, 7) is 0.767. The molecule has 26 heavy (non-hydrogen) atoms. The molecule has 0 saturated carbocycles. The Balaban J connectivity index is 1.53. The van der Waals surface area contributed by atoms with Crippen LogP contribution >= 0.6 is 0 Å². The molecule has 0 spiro atoms. The van der Waals surface area contributed by atoms with Gasteiger partial charge in [0, 0.05) is 26.1 Å². The standard InChI is InChI=1S/C17H23N3O5S/c1-25-14-3-2-13-11-20(8-6-12(13)10-14)26(23,24)9-7-18-17(22)15-4-5-16(21)19-15/h2-3,10,15H,4-9,11H2,1H3,(H,18,22)(H,19,21). The molecule has 1 fully saturated rings. The van der Waals surface area contributed by atoms with E-state index in [9.17, 15) is 18.0 Å². The van der Waals surface area contributed by atoms with Crippen molar-refractivity contribution in [1.82, 2.24) is 14.9 Å². The maximum Gasteiger partial charge on any atom is 0.242 e. The Morgan fingerprint density at radius 3 is 2.85 bits per heavy atom. The summed E-state index contributed by atoms with van der Waals surface area (Å²) in [5, 5.41) is 5.16. The van der Waals surface area contributed by atoms with Crippen LogP contribution in [0.5, 0.6) is 5.75 Å². The van der Waals surface area contributed by atoms with Gasteiger partial charge >= 0.3 is 0 Å². The predicted octanol–water partition coefficient (Wildman–Crippen LogP) is -0.222. The fourth-order valence-corrected chi connectivity index (χ4v) is 4.56. The van der Waals surface area contributed by atoms with Gasteiger partial charge in [-0.25, -0.2) is 8.42 Å². The maximum absolute atomic E-state index is 12.6. The van der Waals surface area contributed by atoms with Crippen molar-refractivity contribution in [3.8, 4) is 5.75 Å². The lowest BCUT2D eigenvalue weighted by Gasteiger charge is -2.28. The zero-order valence-electron chi connectivity index (χ0n) is 14.7. The number of nitrogens with zero attached hydrogens (tertiary/aromatic N) is 1. The molecule has 9 heteroatoms. The number of fused-ring (bicyclic) bond motifs is 1. The highest BCUT2D eigenvalue weighted by Crippen LogP contribution is 2.25. The maximum atomic E-state index is 12.6. The molecular weight excluding hydrogens is 358 g/mol. The number of ether oxygens (including phenoxy) is 1. The third kappa shape index (κ3) is 4.16. The zero-order valence-corrected chi connectivity index (χ0v) is 15.5. The van der Waals surface area contributed by atoms with Crippen molar-refractivity contribution in [1.29, 1.82) is 0 Å². The lowest BCUT2D eigenvalue weighted by Crippen LogP contribution is -2.45. The molecule has 1 aromatic rings. The van der Waals surface area contributed by atoms with E-state index < -0.39 is 16.1 Å². The molecule has 2 aliphatic heterocycles. The summed E-state index contributed by atoms with van der Waals surface area (Å²) in [7, 11) is -1.87. The van der Waals surface area contributed by atoms with Crippen molar-refractivity contribution in [2.75, 3.05) is 26.0 Å². The van der Waals surface area contributed by atoms with Gasteiger partial charge in [0.15, 0.2) is 0 Å². The van der Waals surface area contributed by atoms with Crippen molar-refractivity contribution in [2.45, 2.75) is 31.8 Å². The molecule has 1 atom stereocenters. The number of amides is 2. The van der Waals surface area contributed by atoms with Gasteiger partial charge in [0.2, 0.25) is 21.8 Å². The highest BCUT2D eigenvalue weighted by atomic mass is 32.2. The summed E-state index contributed by atoms with van der Waals surface area (Å²) in [5.41, 5.74) is 2.07. The van der Waals surface area contributed by atoms with Gasteiger partial charge in [0.05, 0.1) is 12.9 Å². The van der Waals surface area contributed by atoms with Crippen LogP contribution in [0, 0.1) is 0 Å². The molecule has 0 bridgehead atoms. The van der Waals surface area contributed by atoms with Crippen LogP contribution in [0.3, 0.4) is 0 Å². The normalized spacial score (nSPS) is 20.3. The molecule has 2 aliphatic rings. The second-order valence-corrected chi connectivity index (χ2v) is 8.57. The minimum atomic E-state index is -3.47. The Labute approximate surface area is 152 Å². The number of sulfonamides is 1. The van der Waals surface area contributed by atoms with E-state index in [4.69, 9.17) is 4.74 Å². The van der Waals surface area contributed by atoms with Crippen LogP contribution in [0.25, 0.3) is 0 Å². The van der Waals surface area contributed by atoms with E-state index in [2.05, 4.69) is 10.6 Å². The van der Waals surface area contributed by atoms with Gasteiger partial charge in [-0.05, 0) is 36.1 Å². The van der Waals surface area contributed by atoms with Gasteiger partial charge < -0.3 is 15.4 Å². The second-order valence-electron chi connectivity index (χ2n) is 6.48. The third-order valence-corrected chi connectivity index (χ3v) is 6.57. The van der Waals surface area contributed by atoms with Crippen molar-refractivity contribution in [3.63, 3.8) is 0 Å². The molecule has 3 rings (SSSR count). The Bertz CT molecular complexity index is 809. The van der Waals surface area contributed by atoms with E-state index in [0.717, 1.165) is 16.9 Å². The number of hydrogen-bond donors (Lipinski definition) is 2. The first-order chi connectivity index (χ1) is 12.4. The smallest absolute Gasteiger partial charge is 0.242 e. The van der Waals surface area contributed by atoms with Gasteiger partial charge in [-0.2, -0.15) is 4.31 Å². The number of carbonyl (C=O) groups excluding carboxylic acids is 2. The molecule has 0 aliphatic carbocycles. The summed E-state index contributed by atoms with van der Waals surface area (Å²) in [6, 6.07) is 5.10. The minimum absolute atomic E-state index is 0.0273. The molecule has 142 valence electrons. The van der Waals surface area contributed by atoms with E-state index in [1.807, 2.05) is 18.2 Å². The zero-order chi connectivity index (χ0) is 18.7. The SMILES string of the molecule is COc1ccc2c(c1)CCN(S(=O)(=O)CCNC(=O)C1CCC(=O)N1)C2. The average Bonchev–Trinajstić information content (AvgIpc) is 3.07. The molecule has 2 heterocycles. The summed E-state index contributed by atoms with van der Waals surface area (Å²) >= 11 is 0. The van der Waals surface area contributed by atoms with Crippen LogP contribution in [-0.4, -0.2) is 56.5 Å². The van der Waals surface area contributed by atoms with Crippen LogP contribution in [0.15, 0.2) is 18.2 Å². The first-order valence-corrected chi connectivity index (χ1v) is 10.2. The second kappa shape index (κ2) is 7.63. The van der Waals surface area contributed by atoms with E-state index in [-0.39, 0.29) is 24.1 Å². The van der Waals surface area contributed by atoms with Crippen molar-refractivity contribution in [2.24, 2.45) is 0 Å². The predicted molar refractivity (Wildman–Crippen MR) is 95.1 cm³/mol. The van der Waals surface area contributed by atoms with E-state index in [0.29, 0.717) is 32.4 Å². The summed E-state index contributed by atoms with van der Waals surface area (Å²) in [4.78, 5) is 23.1. The van der Waals surface area contributed by atoms with Crippen molar-refractivity contribution in [3.05, 3.63) is 29.3 Å². The number of hydrogen-bond acceptors (Lipinski definition) is 5.